The maximum atomic E-state index is 12.3. The Morgan fingerprint density at radius 2 is 2.07 bits per heavy atom. The predicted molar refractivity (Wildman–Crippen MR) is 112 cm³/mol. The smallest absolute Gasteiger partial charge is 0.239 e. The second kappa shape index (κ2) is 9.70. The third-order valence-electron chi connectivity index (χ3n) is 4.26. The maximum Gasteiger partial charge on any atom is 0.239 e. The quantitative estimate of drug-likeness (QED) is 0.536. The van der Waals surface area contributed by atoms with Crippen LogP contribution in [0.3, 0.4) is 0 Å². The minimum absolute atomic E-state index is 0.0935. The summed E-state index contributed by atoms with van der Waals surface area (Å²) in [6.45, 7) is 1.85. The molecule has 7 nitrogen and oxygen atoms in total. The molecule has 0 aliphatic carbocycles. The Labute approximate surface area is 172 Å². The molecule has 3 aromatic rings. The summed E-state index contributed by atoms with van der Waals surface area (Å²) in [5, 5.41) is 14.2. The van der Waals surface area contributed by atoms with Crippen molar-refractivity contribution in [1.82, 2.24) is 19.7 Å². The highest BCUT2D eigenvalue weighted by atomic mass is 32.2. The molecular formula is C19H23N5O2S2. The molecule has 148 valence electrons. The molecule has 3 rings (SSSR count). The number of ether oxygens (including phenoxy) is 1. The second-order valence-electron chi connectivity index (χ2n) is 6.25. The molecule has 0 radical (unpaired) electrons. The summed E-state index contributed by atoms with van der Waals surface area (Å²) in [5.41, 5.74) is 1.27. The molecule has 1 N–H and O–H groups in total. The van der Waals surface area contributed by atoms with Gasteiger partial charge in [0.05, 0.1) is 12.4 Å². The number of hydrogen-bond acceptors (Lipinski definition) is 7. The average Bonchev–Trinajstić information content (AvgIpc) is 3.33. The highest BCUT2D eigenvalue weighted by Crippen LogP contribution is 2.23. The van der Waals surface area contributed by atoms with Crippen LogP contribution in [0.15, 0.2) is 41.0 Å². The number of methoxy groups -OCH3 is 1. The van der Waals surface area contributed by atoms with Crippen molar-refractivity contribution in [3.8, 4) is 5.75 Å². The zero-order chi connectivity index (χ0) is 19.9. The molecule has 0 spiro atoms. The summed E-state index contributed by atoms with van der Waals surface area (Å²) < 4.78 is 7.15. The summed E-state index contributed by atoms with van der Waals surface area (Å²) in [6.07, 6.45) is 4.43. The van der Waals surface area contributed by atoms with Crippen LogP contribution in [0, 0.1) is 0 Å². The number of benzene rings is 1. The first kappa shape index (κ1) is 20.3. The lowest BCUT2D eigenvalue weighted by molar-refractivity contribution is -0.115. The Morgan fingerprint density at radius 3 is 2.75 bits per heavy atom. The van der Waals surface area contributed by atoms with Crippen molar-refractivity contribution < 1.29 is 9.53 Å². The monoisotopic (exact) mass is 417 g/mol. The number of nitrogens with zero attached hydrogens (tertiary/aromatic N) is 4. The molecule has 0 aliphatic heterocycles. The Morgan fingerprint density at radius 1 is 1.29 bits per heavy atom. The van der Waals surface area contributed by atoms with Crippen LogP contribution >= 0.6 is 23.1 Å². The van der Waals surface area contributed by atoms with Crippen molar-refractivity contribution in [3.05, 3.63) is 47.2 Å². The predicted octanol–water partition coefficient (Wildman–Crippen LogP) is 3.57. The van der Waals surface area contributed by atoms with Crippen molar-refractivity contribution in [1.29, 1.82) is 0 Å². The van der Waals surface area contributed by atoms with E-state index in [1.165, 1.54) is 28.7 Å². The summed E-state index contributed by atoms with van der Waals surface area (Å²) in [4.78, 5) is 16.3. The first-order valence-electron chi connectivity index (χ1n) is 8.95. The molecule has 2 aromatic heterocycles. The van der Waals surface area contributed by atoms with Gasteiger partial charge in [-0.3, -0.25) is 4.79 Å². The highest BCUT2D eigenvalue weighted by molar-refractivity contribution is 8.00. The molecule has 2 heterocycles. The van der Waals surface area contributed by atoms with E-state index in [-0.39, 0.29) is 11.2 Å². The van der Waals surface area contributed by atoms with E-state index < -0.39 is 0 Å². The van der Waals surface area contributed by atoms with Crippen molar-refractivity contribution in [2.45, 2.75) is 36.6 Å². The average molecular weight is 418 g/mol. The Kier molecular flexibility index (Phi) is 7.05. The van der Waals surface area contributed by atoms with Gasteiger partial charge in [0.2, 0.25) is 5.91 Å². The van der Waals surface area contributed by atoms with E-state index in [1.54, 1.807) is 13.3 Å². The number of aryl methyl sites for hydroxylation is 2. The molecule has 0 saturated carbocycles. The molecule has 0 fully saturated rings. The number of aromatic nitrogens is 4. The van der Waals surface area contributed by atoms with E-state index in [4.69, 9.17) is 4.74 Å². The minimum Gasteiger partial charge on any atom is -0.497 e. The first-order valence-corrected chi connectivity index (χ1v) is 10.7. The Hall–Kier alpha value is -2.39. The van der Waals surface area contributed by atoms with Gasteiger partial charge in [0.25, 0.3) is 0 Å². The Bertz CT molecular complexity index is 894. The third kappa shape index (κ3) is 5.32. The van der Waals surface area contributed by atoms with E-state index in [2.05, 4.69) is 32.6 Å². The van der Waals surface area contributed by atoms with Gasteiger partial charge < -0.3 is 14.6 Å². The number of rotatable bonds is 9. The molecule has 28 heavy (non-hydrogen) atoms. The third-order valence-corrected chi connectivity index (χ3v) is 6.09. The standard InChI is InChI=1S/C19H23N5O2S2/c1-13(17(25)21-18-20-11-12-27-18)28-19-23-22-16(24(19)2)6-4-5-14-7-9-15(26-3)10-8-14/h7-13H,4-6H2,1-3H3,(H,20,21,25)/t13-/m1/s1. The molecule has 0 unspecified atom stereocenters. The van der Waals surface area contributed by atoms with E-state index in [0.29, 0.717) is 5.13 Å². The van der Waals surface area contributed by atoms with E-state index >= 15 is 0 Å². The molecule has 9 heteroatoms. The van der Waals surface area contributed by atoms with E-state index in [0.717, 1.165) is 36.0 Å². The van der Waals surface area contributed by atoms with Crippen LogP contribution in [-0.4, -0.2) is 38.0 Å². The molecule has 0 saturated heterocycles. The summed E-state index contributed by atoms with van der Waals surface area (Å²) in [6, 6.07) is 8.12. The zero-order valence-electron chi connectivity index (χ0n) is 16.1. The van der Waals surface area contributed by atoms with Gasteiger partial charge in [-0.05, 0) is 37.5 Å². The number of nitrogens with one attached hydrogen (secondary N) is 1. The van der Waals surface area contributed by atoms with Crippen molar-refractivity contribution >= 4 is 34.1 Å². The molecule has 0 bridgehead atoms. The first-order chi connectivity index (χ1) is 13.6. The molecule has 1 amide bonds. The molecule has 0 aliphatic rings. The highest BCUT2D eigenvalue weighted by Gasteiger charge is 2.19. The minimum atomic E-state index is -0.293. The van der Waals surface area contributed by atoms with Gasteiger partial charge in [-0.15, -0.1) is 21.5 Å². The molecule has 1 atom stereocenters. The summed E-state index contributed by atoms with van der Waals surface area (Å²) >= 11 is 2.79. The van der Waals surface area contributed by atoms with Gasteiger partial charge in [-0.25, -0.2) is 4.98 Å². The lowest BCUT2D eigenvalue weighted by Gasteiger charge is -2.10. The van der Waals surface area contributed by atoms with E-state index in [9.17, 15) is 4.79 Å². The van der Waals surface area contributed by atoms with Gasteiger partial charge in [0.1, 0.15) is 11.6 Å². The van der Waals surface area contributed by atoms with Gasteiger partial charge in [0, 0.05) is 25.0 Å². The van der Waals surface area contributed by atoms with Crippen LogP contribution in [0.25, 0.3) is 0 Å². The van der Waals surface area contributed by atoms with Crippen LogP contribution in [0.4, 0.5) is 5.13 Å². The zero-order valence-corrected chi connectivity index (χ0v) is 17.7. The van der Waals surface area contributed by atoms with Gasteiger partial charge in [0.15, 0.2) is 10.3 Å². The van der Waals surface area contributed by atoms with Crippen LogP contribution in [0.2, 0.25) is 0 Å². The SMILES string of the molecule is COc1ccc(CCCc2nnc(S[C@H](C)C(=O)Nc3nccs3)n2C)cc1. The van der Waals surface area contributed by atoms with Crippen LogP contribution in [0.1, 0.15) is 24.7 Å². The number of thiazole rings is 1. The lowest BCUT2D eigenvalue weighted by atomic mass is 10.1. The molecule has 1 aromatic carbocycles. The lowest BCUT2D eigenvalue weighted by Crippen LogP contribution is -2.22. The maximum absolute atomic E-state index is 12.3. The van der Waals surface area contributed by atoms with Crippen LogP contribution in [-0.2, 0) is 24.7 Å². The Balaban J connectivity index is 1.50. The normalized spacial score (nSPS) is 12.0. The number of carbonyl (C=O) groups is 1. The van der Waals surface area contributed by atoms with Crippen LogP contribution < -0.4 is 10.1 Å². The van der Waals surface area contributed by atoms with Gasteiger partial charge >= 0.3 is 0 Å². The largest absolute Gasteiger partial charge is 0.497 e. The number of thioether (sulfide) groups is 1. The van der Waals surface area contributed by atoms with Crippen molar-refractivity contribution in [2.24, 2.45) is 7.05 Å². The number of carbonyl (C=O) groups excluding carboxylic acids is 1. The number of anilines is 1. The second-order valence-corrected chi connectivity index (χ2v) is 8.45. The fourth-order valence-corrected chi connectivity index (χ4v) is 3.98. The van der Waals surface area contributed by atoms with Gasteiger partial charge in [-0.2, -0.15) is 0 Å². The fraction of sp³-hybridized carbons (Fsp3) is 0.368. The molecular weight excluding hydrogens is 394 g/mol. The van der Waals surface area contributed by atoms with Gasteiger partial charge in [-0.1, -0.05) is 23.9 Å². The van der Waals surface area contributed by atoms with Crippen LogP contribution in [0.5, 0.6) is 5.75 Å². The summed E-state index contributed by atoms with van der Waals surface area (Å²) in [7, 11) is 3.61. The summed E-state index contributed by atoms with van der Waals surface area (Å²) in [5.74, 6) is 1.69. The topological polar surface area (TPSA) is 81.9 Å². The van der Waals surface area contributed by atoms with Crippen molar-refractivity contribution in [2.75, 3.05) is 12.4 Å². The number of hydrogen-bond donors (Lipinski definition) is 1. The number of amides is 1. The fourth-order valence-electron chi connectivity index (χ4n) is 2.61. The van der Waals surface area contributed by atoms with Crippen molar-refractivity contribution in [3.63, 3.8) is 0 Å². The van der Waals surface area contributed by atoms with E-state index in [1.807, 2.05) is 36.1 Å².